The lowest BCUT2D eigenvalue weighted by Crippen LogP contribution is -2.12. The van der Waals surface area contributed by atoms with Crippen LogP contribution in [0.5, 0.6) is 0 Å². The molecule has 5 nitrogen and oxygen atoms in total. The van der Waals surface area contributed by atoms with Gasteiger partial charge in [0.1, 0.15) is 22.8 Å². The van der Waals surface area contributed by atoms with Crippen LogP contribution in [0.1, 0.15) is 16.8 Å². The van der Waals surface area contributed by atoms with Gasteiger partial charge < -0.3 is 10.1 Å². The number of halogens is 1. The van der Waals surface area contributed by atoms with E-state index < -0.39 is 5.38 Å². The first-order valence-corrected chi connectivity index (χ1v) is 7.57. The van der Waals surface area contributed by atoms with Gasteiger partial charge in [0.2, 0.25) is 0 Å². The lowest BCUT2D eigenvalue weighted by Gasteiger charge is -2.11. The molecule has 1 aromatic heterocycles. The van der Waals surface area contributed by atoms with Crippen molar-refractivity contribution in [3.8, 4) is 6.07 Å². The molecule has 0 aliphatic carbocycles. The van der Waals surface area contributed by atoms with Crippen LogP contribution >= 0.6 is 11.6 Å². The molecule has 0 saturated carbocycles. The van der Waals surface area contributed by atoms with Gasteiger partial charge >= 0.3 is 0 Å². The number of nitrogens with one attached hydrogen (secondary N) is 1. The molecule has 1 heterocycles. The second-order valence-corrected chi connectivity index (χ2v) is 5.51. The Morgan fingerprint density at radius 1 is 1.17 bits per heavy atom. The second kappa shape index (κ2) is 6.57. The van der Waals surface area contributed by atoms with Crippen LogP contribution in [0, 0.1) is 11.3 Å². The van der Waals surface area contributed by atoms with Gasteiger partial charge in [-0.25, -0.2) is 4.98 Å². The number of rotatable bonds is 3. The van der Waals surface area contributed by atoms with Crippen LogP contribution in [0.3, 0.4) is 0 Å². The minimum atomic E-state index is -0.919. The standard InChI is InChI=1S/C18H12ClN3O2/c19-15(11-6-2-1-3-7-11)16(23)13(10-20)17-21-14-9-5-4-8-12(14)18(24)22-17/h1-9,15,23H,(H,21,22,24)/b16-13-. The third-order valence-electron chi connectivity index (χ3n) is 3.55. The van der Waals surface area contributed by atoms with Gasteiger partial charge in [0.05, 0.1) is 10.9 Å². The number of H-pyrrole nitrogens is 1. The fourth-order valence-electron chi connectivity index (χ4n) is 2.34. The first-order valence-electron chi connectivity index (χ1n) is 7.13. The molecule has 0 aliphatic rings. The molecule has 3 rings (SSSR count). The number of aromatic nitrogens is 2. The van der Waals surface area contributed by atoms with E-state index in [-0.39, 0.29) is 22.7 Å². The summed E-state index contributed by atoms with van der Waals surface area (Å²) < 4.78 is 0. The van der Waals surface area contributed by atoms with Crippen LogP contribution in [-0.4, -0.2) is 15.1 Å². The molecule has 24 heavy (non-hydrogen) atoms. The first-order chi connectivity index (χ1) is 11.6. The number of aliphatic hydroxyl groups excluding tert-OH is 1. The van der Waals surface area contributed by atoms with Gasteiger partial charge in [0.15, 0.2) is 5.82 Å². The van der Waals surface area contributed by atoms with Crippen molar-refractivity contribution in [1.29, 1.82) is 5.26 Å². The normalized spacial score (nSPS) is 13.2. The third kappa shape index (κ3) is 2.87. The van der Waals surface area contributed by atoms with Crippen LogP contribution in [0.2, 0.25) is 0 Å². The van der Waals surface area contributed by atoms with Gasteiger partial charge in [0, 0.05) is 0 Å². The van der Waals surface area contributed by atoms with Crippen molar-refractivity contribution in [2.75, 3.05) is 0 Å². The number of aliphatic hydroxyl groups is 1. The molecule has 1 unspecified atom stereocenters. The highest BCUT2D eigenvalue weighted by Gasteiger charge is 2.20. The van der Waals surface area contributed by atoms with E-state index in [0.717, 1.165) is 0 Å². The number of alkyl halides is 1. The lowest BCUT2D eigenvalue weighted by atomic mass is 10.1. The third-order valence-corrected chi connectivity index (χ3v) is 4.01. The number of aromatic amines is 1. The quantitative estimate of drug-likeness (QED) is 0.433. The van der Waals surface area contributed by atoms with E-state index in [9.17, 15) is 15.2 Å². The fraction of sp³-hybridized carbons (Fsp3) is 0.0556. The SMILES string of the molecule is N#C/C(=C(/O)C(Cl)c1ccccc1)c1nc2ccccc2c(=O)[nH]1. The Hall–Kier alpha value is -3.10. The van der Waals surface area contributed by atoms with Crippen LogP contribution in [0.15, 0.2) is 65.2 Å². The Balaban J connectivity index is 2.15. The van der Waals surface area contributed by atoms with E-state index in [2.05, 4.69) is 9.97 Å². The minimum absolute atomic E-state index is 0.0136. The molecule has 0 radical (unpaired) electrons. The van der Waals surface area contributed by atoms with Gasteiger partial charge in [-0.2, -0.15) is 5.26 Å². The summed E-state index contributed by atoms with van der Waals surface area (Å²) in [6.07, 6.45) is 0. The number of nitrogens with zero attached hydrogens (tertiary/aromatic N) is 2. The number of para-hydroxylation sites is 1. The maximum atomic E-state index is 12.1. The molecule has 0 fully saturated rings. The van der Waals surface area contributed by atoms with Gasteiger partial charge in [0.25, 0.3) is 5.56 Å². The van der Waals surface area contributed by atoms with E-state index in [4.69, 9.17) is 11.6 Å². The minimum Gasteiger partial charge on any atom is -0.509 e. The van der Waals surface area contributed by atoms with E-state index in [1.54, 1.807) is 48.5 Å². The number of hydrogen-bond donors (Lipinski definition) is 2. The Morgan fingerprint density at radius 2 is 1.83 bits per heavy atom. The molecule has 118 valence electrons. The maximum absolute atomic E-state index is 12.1. The van der Waals surface area contributed by atoms with E-state index in [1.165, 1.54) is 0 Å². The molecule has 6 heteroatoms. The summed E-state index contributed by atoms with van der Waals surface area (Å²) in [5.41, 5.74) is 0.513. The van der Waals surface area contributed by atoms with E-state index >= 15 is 0 Å². The molecule has 0 aliphatic heterocycles. The summed E-state index contributed by atoms with van der Waals surface area (Å²) in [6, 6.07) is 17.5. The Labute approximate surface area is 142 Å². The maximum Gasteiger partial charge on any atom is 0.259 e. The number of nitriles is 1. The van der Waals surface area contributed by atoms with Crippen molar-refractivity contribution in [2.45, 2.75) is 5.38 Å². The summed E-state index contributed by atoms with van der Waals surface area (Å²) in [4.78, 5) is 18.9. The highest BCUT2D eigenvalue weighted by atomic mass is 35.5. The highest BCUT2D eigenvalue weighted by Crippen LogP contribution is 2.31. The van der Waals surface area contributed by atoms with Gasteiger partial charge in [-0.1, -0.05) is 42.5 Å². The molecule has 2 N–H and O–H groups in total. The van der Waals surface area contributed by atoms with Crippen molar-refractivity contribution in [2.24, 2.45) is 0 Å². The van der Waals surface area contributed by atoms with Crippen molar-refractivity contribution < 1.29 is 5.11 Å². The highest BCUT2D eigenvalue weighted by molar-refractivity contribution is 6.23. The van der Waals surface area contributed by atoms with Crippen molar-refractivity contribution in [1.82, 2.24) is 9.97 Å². The summed E-state index contributed by atoms with van der Waals surface area (Å²) in [5.74, 6) is -0.371. The van der Waals surface area contributed by atoms with Crippen molar-refractivity contribution in [3.63, 3.8) is 0 Å². The Bertz CT molecular complexity index is 1020. The average Bonchev–Trinajstić information content (AvgIpc) is 2.62. The summed E-state index contributed by atoms with van der Waals surface area (Å²) in [7, 11) is 0. The van der Waals surface area contributed by atoms with Crippen LogP contribution in [0.4, 0.5) is 0 Å². The van der Waals surface area contributed by atoms with Gasteiger partial charge in [-0.15, -0.1) is 11.6 Å². The number of allylic oxidation sites excluding steroid dienone is 2. The van der Waals surface area contributed by atoms with Gasteiger partial charge in [-0.3, -0.25) is 4.79 Å². The number of hydrogen-bond acceptors (Lipinski definition) is 4. The summed E-state index contributed by atoms with van der Waals surface area (Å²) in [5, 5.41) is 19.3. The fourth-order valence-corrected chi connectivity index (χ4v) is 2.60. The smallest absolute Gasteiger partial charge is 0.259 e. The molecule has 3 aromatic rings. The molecular formula is C18H12ClN3O2. The molecule has 0 spiro atoms. The predicted octanol–water partition coefficient (Wildman–Crippen LogP) is 3.70. The molecule has 0 saturated heterocycles. The predicted molar refractivity (Wildman–Crippen MR) is 92.6 cm³/mol. The molecule has 1 atom stereocenters. The first kappa shape index (κ1) is 15.8. The van der Waals surface area contributed by atoms with Crippen molar-refractivity contribution in [3.05, 3.63) is 82.1 Å². The zero-order valence-corrected chi connectivity index (χ0v) is 13.2. The van der Waals surface area contributed by atoms with Crippen LogP contribution in [-0.2, 0) is 0 Å². The topological polar surface area (TPSA) is 89.8 Å². The van der Waals surface area contributed by atoms with Crippen molar-refractivity contribution >= 4 is 28.1 Å². The monoisotopic (exact) mass is 337 g/mol. The Kier molecular flexibility index (Phi) is 4.32. The lowest BCUT2D eigenvalue weighted by molar-refractivity contribution is 0.397. The van der Waals surface area contributed by atoms with E-state index in [1.807, 2.05) is 12.1 Å². The molecule has 2 aromatic carbocycles. The summed E-state index contributed by atoms with van der Waals surface area (Å²) in [6.45, 7) is 0. The zero-order chi connectivity index (χ0) is 17.1. The average molecular weight is 338 g/mol. The summed E-state index contributed by atoms with van der Waals surface area (Å²) >= 11 is 6.26. The Morgan fingerprint density at radius 3 is 2.54 bits per heavy atom. The molecule has 0 amide bonds. The van der Waals surface area contributed by atoms with Crippen LogP contribution < -0.4 is 5.56 Å². The van der Waals surface area contributed by atoms with E-state index in [0.29, 0.717) is 16.5 Å². The van der Waals surface area contributed by atoms with Crippen LogP contribution in [0.25, 0.3) is 16.5 Å². The number of benzene rings is 2. The molecular weight excluding hydrogens is 326 g/mol. The number of fused-ring (bicyclic) bond motifs is 1. The van der Waals surface area contributed by atoms with Gasteiger partial charge in [-0.05, 0) is 17.7 Å². The second-order valence-electron chi connectivity index (χ2n) is 5.08. The largest absolute Gasteiger partial charge is 0.509 e. The zero-order valence-electron chi connectivity index (χ0n) is 12.4. The molecule has 0 bridgehead atoms.